The first kappa shape index (κ1) is 9.32. The van der Waals surface area contributed by atoms with Crippen molar-refractivity contribution in [2.45, 2.75) is 27.6 Å². The molecule has 0 atom stereocenters. The van der Waals surface area contributed by atoms with Gasteiger partial charge in [-0.1, -0.05) is 37.6 Å². The van der Waals surface area contributed by atoms with Crippen molar-refractivity contribution in [3.63, 3.8) is 0 Å². The Hall–Kier alpha value is -1.24. The third-order valence-corrected chi connectivity index (χ3v) is 1.57. The molecule has 0 saturated carbocycles. The summed E-state index contributed by atoms with van der Waals surface area (Å²) in [4.78, 5) is 0. The Morgan fingerprint density at radius 3 is 2.21 bits per heavy atom. The van der Waals surface area contributed by atoms with E-state index in [2.05, 4.69) is 5.32 Å². The molecule has 0 bridgehead atoms. The molecule has 0 radical (unpaired) electrons. The van der Waals surface area contributed by atoms with Crippen LogP contribution in [0.1, 0.15) is 36.0 Å². The number of hydrogen-bond donors (Lipinski definition) is 1. The molecule has 14 heavy (non-hydrogen) atoms. The molecule has 1 nitrogen and oxygen atoms in total. The fourth-order valence-electron chi connectivity index (χ4n) is 0.982. The topological polar surface area (TPSA) is 12.0 Å². The van der Waals surface area contributed by atoms with Gasteiger partial charge in [-0.15, -0.1) is 0 Å². The van der Waals surface area contributed by atoms with Gasteiger partial charge >= 0.3 is 0 Å². The number of rotatable bonds is 2. The number of benzene rings is 1. The minimum absolute atomic E-state index is 0.206. The van der Waals surface area contributed by atoms with Crippen LogP contribution in [0.3, 0.4) is 0 Å². The van der Waals surface area contributed by atoms with Crippen LogP contribution in [0.4, 0.5) is 5.69 Å². The zero-order chi connectivity index (χ0) is 12.4. The van der Waals surface area contributed by atoms with Gasteiger partial charge in [0.15, 0.2) is 0 Å². The van der Waals surface area contributed by atoms with Crippen LogP contribution in [-0.4, -0.2) is 7.05 Å². The van der Waals surface area contributed by atoms with Gasteiger partial charge in [-0.25, -0.2) is 0 Å². The largest absolute Gasteiger partial charge is 0.388 e. The van der Waals surface area contributed by atoms with Crippen molar-refractivity contribution in [3.05, 3.63) is 35.4 Å². The van der Waals surface area contributed by atoms with E-state index in [1.807, 2.05) is 51.2 Å². The van der Waals surface area contributed by atoms with E-state index in [1.165, 1.54) is 0 Å². The number of nitrogens with one attached hydrogen (secondary N) is 1. The fraction of sp³-hybridized carbons (Fsp3) is 0.385. The quantitative estimate of drug-likeness (QED) is 0.743. The van der Waals surface area contributed by atoms with Crippen LogP contribution in [0.15, 0.2) is 29.8 Å². The predicted molar refractivity (Wildman–Crippen MR) is 66.7 cm³/mol. The van der Waals surface area contributed by atoms with Gasteiger partial charge < -0.3 is 5.32 Å². The monoisotopic (exact) mass is 193 g/mol. The number of hydrogen-bond acceptors (Lipinski definition) is 1. The van der Waals surface area contributed by atoms with Crippen molar-refractivity contribution in [3.8, 4) is 0 Å². The summed E-state index contributed by atoms with van der Waals surface area (Å²) in [6.07, 6.45) is 1.90. The normalized spacial score (nSPS) is 10.2. The second-order valence-electron chi connectivity index (χ2n) is 2.67. The van der Waals surface area contributed by atoms with Gasteiger partial charge in [0.25, 0.3) is 0 Å². The maximum absolute atomic E-state index is 7.19. The number of allylic oxidation sites excluding steroid dienone is 1. The van der Waals surface area contributed by atoms with Crippen LogP contribution in [0.5, 0.6) is 0 Å². The summed E-state index contributed by atoms with van der Waals surface area (Å²) in [5, 5.41) is 3.04. The first-order valence-corrected chi connectivity index (χ1v) is 4.86. The molecule has 0 amide bonds. The van der Waals surface area contributed by atoms with E-state index in [-0.39, 0.29) is 13.8 Å². The SMILES string of the molecule is CC.[2H]CC(=Cc1ccc(NC)cc1)C[2H]. The molecule has 1 aromatic rings. The highest BCUT2D eigenvalue weighted by atomic mass is 14.8. The summed E-state index contributed by atoms with van der Waals surface area (Å²) < 4.78 is 14.4. The van der Waals surface area contributed by atoms with Gasteiger partial charge in [-0.3, -0.25) is 0 Å². The third-order valence-electron chi connectivity index (χ3n) is 1.57. The zero-order valence-electron chi connectivity index (χ0n) is 11.3. The maximum Gasteiger partial charge on any atom is 0.0337 e. The standard InChI is InChI=1S/C11H15N.C2H6/c1-9(2)8-10-4-6-11(12-3)7-5-10;1-2/h4-8,12H,1-3H3;1-2H3/i1D,2D;. The maximum atomic E-state index is 7.19. The second kappa shape index (κ2) is 7.19. The van der Waals surface area contributed by atoms with Gasteiger partial charge in [-0.05, 0) is 31.5 Å². The highest BCUT2D eigenvalue weighted by Gasteiger charge is 1.88. The van der Waals surface area contributed by atoms with Crippen molar-refractivity contribution in [1.29, 1.82) is 0 Å². The Morgan fingerprint density at radius 2 is 1.79 bits per heavy atom. The predicted octanol–water partition coefficient (Wildman–Crippen LogP) is 4.18. The summed E-state index contributed by atoms with van der Waals surface area (Å²) in [7, 11) is 1.88. The molecule has 0 saturated heterocycles. The summed E-state index contributed by atoms with van der Waals surface area (Å²) in [6, 6.07) is 7.93. The summed E-state index contributed by atoms with van der Waals surface area (Å²) in [5.74, 6) is 0. The van der Waals surface area contributed by atoms with Crippen LogP contribution in [0.25, 0.3) is 6.08 Å². The third kappa shape index (κ3) is 4.70. The first-order valence-electron chi connectivity index (χ1n) is 6.27. The summed E-state index contributed by atoms with van der Waals surface area (Å²) in [5.41, 5.74) is 2.96. The van der Waals surface area contributed by atoms with Gasteiger partial charge in [0.1, 0.15) is 0 Å². The minimum Gasteiger partial charge on any atom is -0.388 e. The molecule has 0 heterocycles. The number of anilines is 1. The van der Waals surface area contributed by atoms with Gasteiger partial charge in [0, 0.05) is 15.5 Å². The summed E-state index contributed by atoms with van der Waals surface area (Å²) in [6.45, 7) is 4.41. The minimum atomic E-state index is 0.206. The Morgan fingerprint density at radius 1 is 1.21 bits per heavy atom. The van der Waals surface area contributed by atoms with Crippen molar-refractivity contribution in [1.82, 2.24) is 0 Å². The van der Waals surface area contributed by atoms with E-state index >= 15 is 0 Å². The van der Waals surface area contributed by atoms with Crippen LogP contribution >= 0.6 is 0 Å². The van der Waals surface area contributed by atoms with Crippen LogP contribution in [-0.2, 0) is 0 Å². The molecular weight excluding hydrogens is 170 g/mol. The molecule has 1 rings (SSSR count). The lowest BCUT2D eigenvalue weighted by Crippen LogP contribution is -1.86. The molecule has 1 N–H and O–H groups in total. The first-order chi connectivity index (χ1) is 7.80. The van der Waals surface area contributed by atoms with E-state index in [0.717, 1.165) is 16.8 Å². The van der Waals surface area contributed by atoms with E-state index in [9.17, 15) is 0 Å². The summed E-state index contributed by atoms with van der Waals surface area (Å²) >= 11 is 0. The van der Waals surface area contributed by atoms with E-state index in [1.54, 1.807) is 0 Å². The Bertz CT molecular complexity index is 298. The average Bonchev–Trinajstić information content (AvgIpc) is 2.39. The van der Waals surface area contributed by atoms with Crippen LogP contribution in [0, 0.1) is 0 Å². The van der Waals surface area contributed by atoms with Crippen LogP contribution < -0.4 is 5.32 Å². The molecule has 0 unspecified atom stereocenters. The van der Waals surface area contributed by atoms with E-state index in [4.69, 9.17) is 2.74 Å². The average molecular weight is 193 g/mol. The highest BCUT2D eigenvalue weighted by molar-refractivity contribution is 5.56. The van der Waals surface area contributed by atoms with E-state index < -0.39 is 0 Å². The molecule has 1 heteroatoms. The molecule has 0 aliphatic carbocycles. The molecule has 0 fully saturated rings. The zero-order valence-corrected chi connectivity index (χ0v) is 9.30. The molecule has 0 aliphatic heterocycles. The lowest BCUT2D eigenvalue weighted by Gasteiger charge is -1.99. The van der Waals surface area contributed by atoms with Crippen molar-refractivity contribution in [2.75, 3.05) is 12.4 Å². The highest BCUT2D eigenvalue weighted by Crippen LogP contribution is 2.11. The van der Waals surface area contributed by atoms with Gasteiger partial charge in [-0.2, -0.15) is 0 Å². The van der Waals surface area contributed by atoms with Crippen molar-refractivity contribution < 1.29 is 2.74 Å². The molecule has 78 valence electrons. The Balaban J connectivity index is 0.00000106. The van der Waals surface area contributed by atoms with Crippen molar-refractivity contribution >= 4 is 11.8 Å². The molecule has 0 spiro atoms. The van der Waals surface area contributed by atoms with E-state index in [0.29, 0.717) is 0 Å². The molecular formula is C13H21N. The van der Waals surface area contributed by atoms with Gasteiger partial charge in [0.05, 0.1) is 0 Å². The molecule has 0 aromatic heterocycles. The Labute approximate surface area is 90.7 Å². The lowest BCUT2D eigenvalue weighted by atomic mass is 10.1. The fourth-order valence-corrected chi connectivity index (χ4v) is 0.982. The van der Waals surface area contributed by atoms with Crippen LogP contribution in [0.2, 0.25) is 0 Å². The molecule has 1 aromatic carbocycles. The smallest absolute Gasteiger partial charge is 0.0337 e. The second-order valence-corrected chi connectivity index (χ2v) is 2.67. The molecule has 0 aliphatic rings. The van der Waals surface area contributed by atoms with Gasteiger partial charge in [0.2, 0.25) is 0 Å². The lowest BCUT2D eigenvalue weighted by molar-refractivity contribution is 1.42. The Kier molecular flexibility index (Phi) is 4.79. The van der Waals surface area contributed by atoms with Crippen molar-refractivity contribution in [2.24, 2.45) is 0 Å².